The number of aromatic nitrogens is 3. The monoisotopic (exact) mass is 356 g/mol. The highest BCUT2D eigenvalue weighted by atomic mass is 79.9. The number of nitrogen functional groups attached to an aromatic ring is 1. The van der Waals surface area contributed by atoms with E-state index in [0.29, 0.717) is 16.8 Å². The van der Waals surface area contributed by atoms with Crippen molar-refractivity contribution >= 4 is 33.5 Å². The number of rotatable bonds is 5. The summed E-state index contributed by atoms with van der Waals surface area (Å²) in [5.74, 6) is 5.25. The normalized spacial score (nSPS) is 10.3. The molecule has 0 saturated heterocycles. The van der Waals surface area contributed by atoms with Gasteiger partial charge in [-0.05, 0) is 47.5 Å². The van der Waals surface area contributed by atoms with Crippen molar-refractivity contribution in [3.05, 3.63) is 28.0 Å². The average molecular weight is 357 g/mol. The molecule has 2 rings (SSSR count). The number of benzene rings is 1. The Morgan fingerprint density at radius 2 is 2.00 bits per heavy atom. The van der Waals surface area contributed by atoms with Gasteiger partial charge in [0.15, 0.2) is 0 Å². The van der Waals surface area contributed by atoms with Crippen LogP contribution in [0.1, 0.15) is 12.5 Å². The number of nitrogens with two attached hydrogens (primary N) is 1. The minimum atomic E-state index is -0.389. The van der Waals surface area contributed by atoms with E-state index < -0.39 is 0 Å². The third-order valence-electron chi connectivity index (χ3n) is 2.53. The summed E-state index contributed by atoms with van der Waals surface area (Å²) < 4.78 is 19.2. The summed E-state index contributed by atoms with van der Waals surface area (Å²) in [6.45, 7) is 4.04. The Bertz CT molecular complexity index is 654. The lowest BCUT2D eigenvalue weighted by Crippen LogP contribution is -2.13. The van der Waals surface area contributed by atoms with Crippen molar-refractivity contribution in [2.45, 2.75) is 13.8 Å². The summed E-state index contributed by atoms with van der Waals surface area (Å²) in [5.41, 5.74) is 3.68. The maximum Gasteiger partial charge on any atom is 0.323 e. The fourth-order valence-electron chi connectivity index (χ4n) is 1.57. The predicted octanol–water partition coefficient (Wildman–Crippen LogP) is 2.51. The van der Waals surface area contributed by atoms with Gasteiger partial charge in [-0.2, -0.15) is 15.0 Å². The molecule has 21 heavy (non-hydrogen) atoms. The third-order valence-corrected chi connectivity index (χ3v) is 3.14. The van der Waals surface area contributed by atoms with Crippen molar-refractivity contribution < 1.29 is 9.13 Å². The van der Waals surface area contributed by atoms with Gasteiger partial charge in [0, 0.05) is 5.69 Å². The maximum absolute atomic E-state index is 13.6. The summed E-state index contributed by atoms with van der Waals surface area (Å²) in [4.78, 5) is 12.0. The first-order valence-corrected chi connectivity index (χ1v) is 6.91. The van der Waals surface area contributed by atoms with Crippen LogP contribution in [0.25, 0.3) is 0 Å². The van der Waals surface area contributed by atoms with Crippen LogP contribution in [-0.2, 0) is 0 Å². The van der Waals surface area contributed by atoms with Crippen LogP contribution >= 0.6 is 15.9 Å². The van der Waals surface area contributed by atoms with Crippen LogP contribution in [0, 0.1) is 12.7 Å². The number of halogens is 2. The molecule has 0 amide bonds. The van der Waals surface area contributed by atoms with Gasteiger partial charge in [-0.3, -0.25) is 5.43 Å². The van der Waals surface area contributed by atoms with Crippen molar-refractivity contribution in [2.24, 2.45) is 5.84 Å². The van der Waals surface area contributed by atoms with Gasteiger partial charge in [-0.1, -0.05) is 0 Å². The van der Waals surface area contributed by atoms with Crippen LogP contribution in [0.15, 0.2) is 16.6 Å². The molecular weight excluding hydrogens is 343 g/mol. The molecule has 0 aliphatic heterocycles. The molecule has 7 nitrogen and oxygen atoms in total. The Balaban J connectivity index is 2.34. The van der Waals surface area contributed by atoms with Crippen molar-refractivity contribution in [1.82, 2.24) is 15.0 Å². The largest absolute Gasteiger partial charge is 0.464 e. The Kier molecular flexibility index (Phi) is 4.86. The molecule has 0 bridgehead atoms. The molecular formula is C12H14BrFN6O. The topological polar surface area (TPSA) is 98.0 Å². The summed E-state index contributed by atoms with van der Waals surface area (Å²) in [6, 6.07) is 3.13. The molecule has 0 atom stereocenters. The van der Waals surface area contributed by atoms with E-state index in [1.54, 1.807) is 13.0 Å². The van der Waals surface area contributed by atoms with E-state index in [-0.39, 0.29) is 23.7 Å². The molecule has 1 aromatic carbocycles. The van der Waals surface area contributed by atoms with Crippen LogP contribution in [0.2, 0.25) is 0 Å². The summed E-state index contributed by atoms with van der Waals surface area (Å²) in [7, 11) is 0. The lowest BCUT2D eigenvalue weighted by molar-refractivity contribution is 0.312. The summed E-state index contributed by atoms with van der Waals surface area (Å²) in [5, 5.41) is 2.92. The number of hydrazine groups is 1. The van der Waals surface area contributed by atoms with Gasteiger partial charge < -0.3 is 10.1 Å². The van der Waals surface area contributed by atoms with Crippen LogP contribution in [0.5, 0.6) is 6.01 Å². The van der Waals surface area contributed by atoms with E-state index in [9.17, 15) is 4.39 Å². The minimum Gasteiger partial charge on any atom is -0.464 e. The highest BCUT2D eigenvalue weighted by molar-refractivity contribution is 9.10. The van der Waals surface area contributed by atoms with Crippen molar-refractivity contribution in [1.29, 1.82) is 0 Å². The van der Waals surface area contributed by atoms with Gasteiger partial charge in [-0.15, -0.1) is 0 Å². The second-order valence-electron chi connectivity index (χ2n) is 4.05. The lowest BCUT2D eigenvalue weighted by atomic mass is 10.2. The van der Waals surface area contributed by atoms with E-state index in [2.05, 4.69) is 41.6 Å². The average Bonchev–Trinajstić information content (AvgIpc) is 2.45. The number of anilines is 3. The van der Waals surface area contributed by atoms with Crippen LogP contribution in [-0.4, -0.2) is 21.6 Å². The quantitative estimate of drug-likeness (QED) is 0.559. The molecule has 4 N–H and O–H groups in total. The molecule has 112 valence electrons. The molecule has 0 spiro atoms. The predicted molar refractivity (Wildman–Crippen MR) is 80.9 cm³/mol. The van der Waals surface area contributed by atoms with Gasteiger partial charge in [0.05, 0.1) is 11.1 Å². The zero-order valence-corrected chi connectivity index (χ0v) is 13.0. The third kappa shape index (κ3) is 3.76. The maximum atomic E-state index is 13.6. The molecule has 0 saturated carbocycles. The highest BCUT2D eigenvalue weighted by Crippen LogP contribution is 2.26. The van der Waals surface area contributed by atoms with Gasteiger partial charge in [0.2, 0.25) is 11.9 Å². The molecule has 2 aromatic rings. The van der Waals surface area contributed by atoms with E-state index in [4.69, 9.17) is 10.6 Å². The Morgan fingerprint density at radius 3 is 2.67 bits per heavy atom. The fourth-order valence-corrected chi connectivity index (χ4v) is 2.03. The molecule has 0 unspecified atom stereocenters. The first-order valence-electron chi connectivity index (χ1n) is 6.11. The molecule has 9 heteroatoms. The van der Waals surface area contributed by atoms with Crippen molar-refractivity contribution in [2.75, 3.05) is 17.3 Å². The number of ether oxygens (including phenoxy) is 1. The zero-order valence-electron chi connectivity index (χ0n) is 11.4. The van der Waals surface area contributed by atoms with Crippen molar-refractivity contribution in [3.63, 3.8) is 0 Å². The number of hydrogen-bond donors (Lipinski definition) is 3. The number of aryl methyl sites for hydroxylation is 1. The lowest BCUT2D eigenvalue weighted by Gasteiger charge is -2.11. The van der Waals surface area contributed by atoms with Crippen LogP contribution in [0.4, 0.5) is 22.0 Å². The Labute approximate surface area is 129 Å². The molecule has 1 aromatic heterocycles. The van der Waals surface area contributed by atoms with E-state index in [1.807, 2.05) is 6.92 Å². The van der Waals surface area contributed by atoms with Gasteiger partial charge in [0.25, 0.3) is 0 Å². The van der Waals surface area contributed by atoms with E-state index in [1.165, 1.54) is 6.07 Å². The van der Waals surface area contributed by atoms with Gasteiger partial charge in [0.1, 0.15) is 5.82 Å². The Hall–Kier alpha value is -2.00. The first kappa shape index (κ1) is 15.4. The standard InChI is InChI=1S/C12H14BrFN6O/c1-3-21-12-18-10(17-11(19-12)20-15)16-9-5-8(14)7(13)4-6(9)2/h4-5H,3,15H2,1-2H3,(H2,16,17,18,19,20). The molecule has 0 aliphatic carbocycles. The van der Waals surface area contributed by atoms with Gasteiger partial charge >= 0.3 is 6.01 Å². The highest BCUT2D eigenvalue weighted by Gasteiger charge is 2.10. The summed E-state index contributed by atoms with van der Waals surface area (Å²) >= 11 is 3.13. The number of nitrogens with one attached hydrogen (secondary N) is 2. The zero-order chi connectivity index (χ0) is 15.4. The van der Waals surface area contributed by atoms with E-state index >= 15 is 0 Å². The summed E-state index contributed by atoms with van der Waals surface area (Å²) in [6.07, 6.45) is 0. The van der Waals surface area contributed by atoms with Crippen molar-refractivity contribution in [3.8, 4) is 6.01 Å². The Morgan fingerprint density at radius 1 is 1.29 bits per heavy atom. The second-order valence-corrected chi connectivity index (χ2v) is 4.90. The fraction of sp³-hybridized carbons (Fsp3) is 0.250. The molecule has 0 radical (unpaired) electrons. The smallest absolute Gasteiger partial charge is 0.323 e. The van der Waals surface area contributed by atoms with Crippen LogP contribution < -0.4 is 21.3 Å². The van der Waals surface area contributed by atoms with E-state index in [0.717, 1.165) is 5.56 Å². The number of nitrogens with zero attached hydrogens (tertiary/aromatic N) is 3. The van der Waals surface area contributed by atoms with Crippen LogP contribution in [0.3, 0.4) is 0 Å². The molecule has 0 aliphatic rings. The number of hydrogen-bond acceptors (Lipinski definition) is 7. The molecule has 0 fully saturated rings. The first-order chi connectivity index (χ1) is 10.0. The molecule has 1 heterocycles. The SMILES string of the molecule is CCOc1nc(NN)nc(Nc2cc(F)c(Br)cc2C)n1. The minimum absolute atomic E-state index is 0.123. The second kappa shape index (κ2) is 6.64. The van der Waals surface area contributed by atoms with Gasteiger partial charge in [-0.25, -0.2) is 10.2 Å².